The van der Waals surface area contributed by atoms with Crippen LogP contribution in [0.15, 0.2) is 67.3 Å². The number of hydrogen-bond donors (Lipinski definition) is 3. The minimum absolute atomic E-state index is 0.435. The van der Waals surface area contributed by atoms with E-state index in [2.05, 4.69) is 30.0 Å². The predicted molar refractivity (Wildman–Crippen MR) is 114 cm³/mol. The third kappa shape index (κ3) is 3.60. The number of nitrogen functional groups attached to an aromatic ring is 1. The lowest BCUT2D eigenvalue weighted by Gasteiger charge is -2.16. The summed E-state index contributed by atoms with van der Waals surface area (Å²) in [5, 5.41) is 22.2. The van der Waals surface area contributed by atoms with Crippen molar-refractivity contribution in [3.8, 4) is 22.5 Å². The highest BCUT2D eigenvalue weighted by molar-refractivity contribution is 5.73. The molecule has 1 aliphatic rings. The van der Waals surface area contributed by atoms with Crippen LogP contribution in [0.3, 0.4) is 0 Å². The third-order valence-corrected chi connectivity index (χ3v) is 5.15. The Balaban J connectivity index is 1.38. The van der Waals surface area contributed by atoms with E-state index in [-0.39, 0.29) is 0 Å². The summed E-state index contributed by atoms with van der Waals surface area (Å²) in [6, 6.07) is 15.6. The number of rotatable bonds is 6. The molecule has 0 amide bonds. The summed E-state index contributed by atoms with van der Waals surface area (Å²) >= 11 is 0. The van der Waals surface area contributed by atoms with Gasteiger partial charge in [-0.25, -0.2) is 4.98 Å². The summed E-state index contributed by atoms with van der Waals surface area (Å²) in [4.78, 5) is 8.43. The van der Waals surface area contributed by atoms with Gasteiger partial charge in [-0.15, -0.1) is 10.2 Å². The number of hydrogen-bond acceptors (Lipinski definition) is 7. The van der Waals surface area contributed by atoms with Gasteiger partial charge < -0.3 is 20.7 Å². The van der Waals surface area contributed by atoms with E-state index in [1.807, 2.05) is 42.5 Å². The first-order chi connectivity index (χ1) is 14.7. The van der Waals surface area contributed by atoms with Gasteiger partial charge >= 0.3 is 0 Å². The van der Waals surface area contributed by atoms with Gasteiger partial charge in [0.05, 0.1) is 5.69 Å². The van der Waals surface area contributed by atoms with Crippen LogP contribution in [0.5, 0.6) is 0 Å². The molecule has 5 rings (SSSR count). The SMILES string of the molecule is Nc1ncccc1-c1ccnc(C(O)Nc2cccc(-c3nncn3C3CC3)c2)c1. The molecular weight excluding hydrogens is 378 g/mol. The largest absolute Gasteiger partial charge is 0.383 e. The van der Waals surface area contributed by atoms with E-state index in [0.29, 0.717) is 17.6 Å². The Labute approximate surface area is 173 Å². The van der Waals surface area contributed by atoms with Crippen LogP contribution in [0.2, 0.25) is 0 Å². The molecule has 0 aliphatic heterocycles. The molecule has 0 bridgehead atoms. The summed E-state index contributed by atoms with van der Waals surface area (Å²) in [5.74, 6) is 1.27. The summed E-state index contributed by atoms with van der Waals surface area (Å²) in [7, 11) is 0. The van der Waals surface area contributed by atoms with Crippen molar-refractivity contribution in [1.29, 1.82) is 0 Å². The van der Waals surface area contributed by atoms with Crippen molar-refractivity contribution in [2.75, 3.05) is 11.1 Å². The van der Waals surface area contributed by atoms with Crippen LogP contribution in [0.4, 0.5) is 11.5 Å². The van der Waals surface area contributed by atoms with Crippen LogP contribution in [0, 0.1) is 0 Å². The lowest BCUT2D eigenvalue weighted by molar-refractivity contribution is 0.203. The molecule has 8 nitrogen and oxygen atoms in total. The molecule has 0 spiro atoms. The molecule has 1 fully saturated rings. The smallest absolute Gasteiger partial charge is 0.168 e. The molecule has 1 atom stereocenters. The Kier molecular flexibility index (Phi) is 4.61. The second-order valence-electron chi connectivity index (χ2n) is 7.33. The number of aromatic nitrogens is 5. The van der Waals surface area contributed by atoms with Crippen LogP contribution < -0.4 is 11.1 Å². The number of aliphatic hydroxyl groups is 1. The van der Waals surface area contributed by atoms with Crippen molar-refractivity contribution >= 4 is 11.5 Å². The Morgan fingerprint density at radius 3 is 2.77 bits per heavy atom. The average molecular weight is 399 g/mol. The van der Waals surface area contributed by atoms with E-state index in [9.17, 15) is 5.11 Å². The fourth-order valence-electron chi connectivity index (χ4n) is 3.48. The first kappa shape index (κ1) is 18.3. The minimum atomic E-state index is -0.987. The van der Waals surface area contributed by atoms with Crippen molar-refractivity contribution in [2.24, 2.45) is 0 Å². The van der Waals surface area contributed by atoms with Gasteiger partial charge in [0.2, 0.25) is 0 Å². The van der Waals surface area contributed by atoms with Gasteiger partial charge in [-0.05, 0) is 54.8 Å². The van der Waals surface area contributed by atoms with Crippen molar-refractivity contribution in [1.82, 2.24) is 24.7 Å². The quantitative estimate of drug-likeness (QED) is 0.426. The van der Waals surface area contributed by atoms with Crippen molar-refractivity contribution in [2.45, 2.75) is 25.1 Å². The summed E-state index contributed by atoms with van der Waals surface area (Å²) in [5.41, 5.74) is 9.82. The Morgan fingerprint density at radius 2 is 1.93 bits per heavy atom. The molecule has 8 heteroatoms. The fourth-order valence-corrected chi connectivity index (χ4v) is 3.48. The standard InChI is InChI=1S/C22H21N7O/c23-20-18(5-2-9-25-20)14-8-10-24-19(12-14)22(30)27-16-4-1-3-15(11-16)21-28-26-13-29(21)17-6-7-17/h1-5,8-13,17,22,27,30H,6-7H2,(H2,23,25). The summed E-state index contributed by atoms with van der Waals surface area (Å²) < 4.78 is 2.11. The molecule has 3 aromatic heterocycles. The van der Waals surface area contributed by atoms with Crippen LogP contribution in [-0.4, -0.2) is 29.8 Å². The Morgan fingerprint density at radius 1 is 1.03 bits per heavy atom. The van der Waals surface area contributed by atoms with E-state index >= 15 is 0 Å². The topological polar surface area (TPSA) is 115 Å². The monoisotopic (exact) mass is 399 g/mol. The molecular formula is C22H21N7O. The van der Waals surface area contributed by atoms with Crippen LogP contribution >= 0.6 is 0 Å². The van der Waals surface area contributed by atoms with E-state index < -0.39 is 6.23 Å². The second kappa shape index (κ2) is 7.57. The molecule has 0 radical (unpaired) electrons. The zero-order valence-corrected chi connectivity index (χ0v) is 16.2. The van der Waals surface area contributed by atoms with Gasteiger partial charge in [0.25, 0.3) is 0 Å². The van der Waals surface area contributed by atoms with E-state index in [0.717, 1.165) is 41.0 Å². The van der Waals surface area contributed by atoms with Gasteiger partial charge in [0.15, 0.2) is 12.1 Å². The molecule has 1 aromatic carbocycles. The number of nitrogens with zero attached hydrogens (tertiary/aromatic N) is 5. The molecule has 30 heavy (non-hydrogen) atoms. The van der Waals surface area contributed by atoms with E-state index in [1.165, 1.54) is 0 Å². The third-order valence-electron chi connectivity index (χ3n) is 5.15. The highest BCUT2D eigenvalue weighted by Crippen LogP contribution is 2.37. The van der Waals surface area contributed by atoms with Crippen LogP contribution in [0.25, 0.3) is 22.5 Å². The highest BCUT2D eigenvalue weighted by Gasteiger charge is 2.26. The Hall–Kier alpha value is -3.78. The molecule has 0 saturated heterocycles. The molecule has 4 aromatic rings. The van der Waals surface area contributed by atoms with Crippen molar-refractivity contribution < 1.29 is 5.11 Å². The van der Waals surface area contributed by atoms with Crippen LogP contribution in [-0.2, 0) is 0 Å². The Bertz CT molecular complexity index is 1190. The molecule has 1 saturated carbocycles. The lowest BCUT2D eigenvalue weighted by atomic mass is 10.1. The zero-order chi connectivity index (χ0) is 20.5. The minimum Gasteiger partial charge on any atom is -0.383 e. The number of aliphatic hydroxyl groups excluding tert-OH is 1. The maximum Gasteiger partial charge on any atom is 0.168 e. The van der Waals surface area contributed by atoms with Crippen molar-refractivity contribution in [3.05, 3.63) is 72.9 Å². The van der Waals surface area contributed by atoms with Gasteiger partial charge in [-0.2, -0.15) is 0 Å². The normalized spacial score (nSPS) is 14.4. The van der Waals surface area contributed by atoms with Gasteiger partial charge in [0.1, 0.15) is 12.1 Å². The van der Waals surface area contributed by atoms with Gasteiger partial charge in [-0.1, -0.05) is 12.1 Å². The number of benzene rings is 1. The van der Waals surface area contributed by atoms with E-state index in [1.54, 1.807) is 24.8 Å². The van der Waals surface area contributed by atoms with Crippen LogP contribution in [0.1, 0.15) is 30.8 Å². The molecule has 150 valence electrons. The lowest BCUT2D eigenvalue weighted by Crippen LogP contribution is -2.11. The number of anilines is 2. The van der Waals surface area contributed by atoms with Gasteiger partial charge in [0, 0.05) is 35.2 Å². The van der Waals surface area contributed by atoms with E-state index in [4.69, 9.17) is 5.73 Å². The fraction of sp³-hybridized carbons (Fsp3) is 0.182. The molecule has 1 aliphatic carbocycles. The number of pyridine rings is 2. The maximum absolute atomic E-state index is 10.7. The summed E-state index contributed by atoms with van der Waals surface area (Å²) in [6.07, 6.45) is 6.40. The number of nitrogens with two attached hydrogens (primary N) is 1. The highest BCUT2D eigenvalue weighted by atomic mass is 16.3. The average Bonchev–Trinajstić information content (AvgIpc) is 3.50. The molecule has 3 heterocycles. The van der Waals surface area contributed by atoms with Crippen molar-refractivity contribution in [3.63, 3.8) is 0 Å². The zero-order valence-electron chi connectivity index (χ0n) is 16.2. The first-order valence-corrected chi connectivity index (χ1v) is 9.80. The second-order valence-corrected chi connectivity index (χ2v) is 7.33. The molecule has 4 N–H and O–H groups in total. The summed E-state index contributed by atoms with van der Waals surface area (Å²) in [6.45, 7) is 0. The molecule has 1 unspecified atom stereocenters. The maximum atomic E-state index is 10.7. The first-order valence-electron chi connectivity index (χ1n) is 9.80. The van der Waals surface area contributed by atoms with Gasteiger partial charge in [-0.3, -0.25) is 4.98 Å². The number of nitrogens with one attached hydrogen (secondary N) is 1. The predicted octanol–water partition coefficient (Wildman–Crippen LogP) is 3.42.